The highest BCUT2D eigenvalue weighted by molar-refractivity contribution is 6.76. The predicted molar refractivity (Wildman–Crippen MR) is 110 cm³/mol. The molecule has 1 N–H and O–H groups in total. The SMILES string of the molecule is CCCC/C(=C/C(=O)O)c1cnc(CCCC)n1COCC[Si](C)(C)C. The Morgan fingerprint density at radius 3 is 2.54 bits per heavy atom. The lowest BCUT2D eigenvalue weighted by Crippen LogP contribution is -2.22. The van der Waals surface area contributed by atoms with Gasteiger partial charge in [0.1, 0.15) is 12.6 Å². The second kappa shape index (κ2) is 11.3. The summed E-state index contributed by atoms with van der Waals surface area (Å²) in [6, 6.07) is 1.12. The molecular weight excluding hydrogens is 344 g/mol. The van der Waals surface area contributed by atoms with Gasteiger partial charge in [-0.1, -0.05) is 46.3 Å². The van der Waals surface area contributed by atoms with E-state index in [-0.39, 0.29) is 0 Å². The third-order valence-corrected chi connectivity index (χ3v) is 6.04. The van der Waals surface area contributed by atoms with Crippen LogP contribution in [-0.2, 0) is 22.7 Å². The maximum Gasteiger partial charge on any atom is 0.328 e. The van der Waals surface area contributed by atoms with Gasteiger partial charge in [0.05, 0.1) is 11.9 Å². The van der Waals surface area contributed by atoms with Gasteiger partial charge in [0.25, 0.3) is 0 Å². The zero-order chi connectivity index (χ0) is 19.6. The molecule has 0 spiro atoms. The molecule has 0 unspecified atom stereocenters. The van der Waals surface area contributed by atoms with Crippen LogP contribution in [0.3, 0.4) is 0 Å². The fraction of sp³-hybridized carbons (Fsp3) is 0.700. The molecule has 1 aromatic heterocycles. The molecule has 1 heterocycles. The van der Waals surface area contributed by atoms with Crippen molar-refractivity contribution >= 4 is 19.6 Å². The number of carboxylic acid groups (broad SMARTS) is 1. The van der Waals surface area contributed by atoms with E-state index in [0.29, 0.717) is 6.73 Å². The molecule has 1 aromatic rings. The number of aliphatic carboxylic acids is 1. The van der Waals surface area contributed by atoms with Crippen molar-refractivity contribution in [2.75, 3.05) is 6.61 Å². The molecule has 148 valence electrons. The number of rotatable bonds is 13. The molecule has 0 aromatic carbocycles. The number of ether oxygens (including phenoxy) is 1. The van der Waals surface area contributed by atoms with Crippen molar-refractivity contribution in [1.82, 2.24) is 9.55 Å². The Hall–Kier alpha value is -1.40. The van der Waals surface area contributed by atoms with E-state index < -0.39 is 14.0 Å². The lowest BCUT2D eigenvalue weighted by atomic mass is 10.1. The average Bonchev–Trinajstić information content (AvgIpc) is 2.95. The molecule has 0 aliphatic rings. The Morgan fingerprint density at radius 2 is 1.96 bits per heavy atom. The molecule has 0 amide bonds. The number of unbranched alkanes of at least 4 members (excludes halogenated alkanes) is 2. The van der Waals surface area contributed by atoms with Crippen molar-refractivity contribution in [2.45, 2.75) is 84.8 Å². The summed E-state index contributed by atoms with van der Waals surface area (Å²) in [4.78, 5) is 15.8. The van der Waals surface area contributed by atoms with Crippen LogP contribution in [0.1, 0.15) is 57.5 Å². The van der Waals surface area contributed by atoms with E-state index in [1.807, 2.05) is 6.20 Å². The van der Waals surface area contributed by atoms with Gasteiger partial charge in [0.15, 0.2) is 0 Å². The van der Waals surface area contributed by atoms with Gasteiger partial charge in [0.2, 0.25) is 0 Å². The van der Waals surface area contributed by atoms with E-state index >= 15 is 0 Å². The van der Waals surface area contributed by atoms with Crippen molar-refractivity contribution in [3.05, 3.63) is 23.8 Å². The Kier molecular flexibility index (Phi) is 9.87. The largest absolute Gasteiger partial charge is 0.478 e. The topological polar surface area (TPSA) is 64.3 Å². The van der Waals surface area contributed by atoms with E-state index in [0.717, 1.165) is 68.3 Å². The number of carboxylic acids is 1. The minimum absolute atomic E-state index is 0.446. The zero-order valence-electron chi connectivity index (χ0n) is 17.2. The Bertz CT molecular complexity index is 588. The smallest absolute Gasteiger partial charge is 0.328 e. The van der Waals surface area contributed by atoms with Crippen LogP contribution >= 0.6 is 0 Å². The number of imidazole rings is 1. The van der Waals surface area contributed by atoms with Crippen LogP contribution in [0.5, 0.6) is 0 Å². The summed E-state index contributed by atoms with van der Waals surface area (Å²) in [5.41, 5.74) is 1.73. The van der Waals surface area contributed by atoms with Gasteiger partial charge in [-0.3, -0.25) is 0 Å². The number of allylic oxidation sites excluding steroid dienone is 1. The quantitative estimate of drug-likeness (QED) is 0.290. The first-order valence-corrected chi connectivity index (χ1v) is 13.5. The molecule has 0 fully saturated rings. The number of aromatic nitrogens is 2. The summed E-state index contributed by atoms with van der Waals surface area (Å²) < 4.78 is 8.03. The summed E-state index contributed by atoms with van der Waals surface area (Å²) in [6.07, 6.45) is 8.95. The number of hydrogen-bond donors (Lipinski definition) is 1. The molecule has 0 aliphatic carbocycles. The molecule has 0 radical (unpaired) electrons. The molecule has 0 saturated carbocycles. The summed E-state index contributed by atoms with van der Waals surface area (Å²) in [7, 11) is -1.13. The standard InChI is InChI=1S/C20H36N2O3Si/c1-6-8-10-17(14-20(23)24)18-15-21-19(11-9-7-2)22(18)16-25-12-13-26(3,4)5/h14-15H,6-13,16H2,1-5H3,(H,23,24)/b17-14-. The van der Waals surface area contributed by atoms with Crippen LogP contribution in [-0.4, -0.2) is 35.3 Å². The molecule has 6 heteroatoms. The van der Waals surface area contributed by atoms with Gasteiger partial charge >= 0.3 is 5.97 Å². The van der Waals surface area contributed by atoms with Crippen molar-refractivity contribution in [3.63, 3.8) is 0 Å². The maximum absolute atomic E-state index is 11.3. The molecular formula is C20H36N2O3Si. The maximum atomic E-state index is 11.3. The van der Waals surface area contributed by atoms with Gasteiger partial charge in [-0.2, -0.15) is 0 Å². The highest BCUT2D eigenvalue weighted by Gasteiger charge is 2.16. The van der Waals surface area contributed by atoms with E-state index in [4.69, 9.17) is 4.74 Å². The number of carbonyl (C=O) groups is 1. The minimum atomic E-state index is -1.13. The van der Waals surface area contributed by atoms with Crippen molar-refractivity contribution < 1.29 is 14.6 Å². The van der Waals surface area contributed by atoms with Crippen molar-refractivity contribution in [3.8, 4) is 0 Å². The summed E-state index contributed by atoms with van der Waals surface area (Å²) in [6.45, 7) is 12.5. The monoisotopic (exact) mass is 380 g/mol. The number of hydrogen-bond acceptors (Lipinski definition) is 3. The molecule has 0 atom stereocenters. The lowest BCUT2D eigenvalue weighted by Gasteiger charge is -2.18. The average molecular weight is 381 g/mol. The first-order valence-electron chi connectivity index (χ1n) is 9.84. The first kappa shape index (κ1) is 22.6. The third kappa shape index (κ3) is 8.32. The van der Waals surface area contributed by atoms with Gasteiger partial charge in [-0.25, -0.2) is 9.78 Å². The summed E-state index contributed by atoms with van der Waals surface area (Å²) in [5, 5.41) is 9.25. The van der Waals surface area contributed by atoms with Crippen LogP contribution in [0, 0.1) is 0 Å². The van der Waals surface area contributed by atoms with Crippen LogP contribution in [0.25, 0.3) is 5.57 Å². The molecule has 1 rings (SSSR count). The van der Waals surface area contributed by atoms with Gasteiger partial charge in [-0.15, -0.1) is 0 Å². The van der Waals surface area contributed by atoms with Crippen molar-refractivity contribution in [2.24, 2.45) is 0 Å². The Balaban J connectivity index is 3.01. The van der Waals surface area contributed by atoms with Crippen LogP contribution in [0.2, 0.25) is 25.7 Å². The van der Waals surface area contributed by atoms with Crippen LogP contribution < -0.4 is 0 Å². The van der Waals surface area contributed by atoms with Crippen LogP contribution in [0.4, 0.5) is 0 Å². The van der Waals surface area contributed by atoms with Crippen LogP contribution in [0.15, 0.2) is 12.3 Å². The third-order valence-electron chi connectivity index (χ3n) is 4.34. The minimum Gasteiger partial charge on any atom is -0.478 e. The van der Waals surface area contributed by atoms with Gasteiger partial charge in [-0.05, 0) is 30.9 Å². The van der Waals surface area contributed by atoms with Gasteiger partial charge < -0.3 is 14.4 Å². The van der Waals surface area contributed by atoms with E-state index in [2.05, 4.69) is 43.0 Å². The highest BCUT2D eigenvalue weighted by atomic mass is 28.3. The molecule has 0 bridgehead atoms. The second-order valence-corrected chi connectivity index (χ2v) is 13.7. The molecule has 0 saturated heterocycles. The van der Waals surface area contributed by atoms with E-state index in [9.17, 15) is 9.90 Å². The zero-order valence-corrected chi connectivity index (χ0v) is 18.2. The fourth-order valence-corrected chi connectivity index (χ4v) is 3.43. The lowest BCUT2D eigenvalue weighted by molar-refractivity contribution is -0.131. The molecule has 0 aliphatic heterocycles. The fourth-order valence-electron chi connectivity index (χ4n) is 2.67. The second-order valence-electron chi connectivity index (χ2n) is 8.05. The predicted octanol–water partition coefficient (Wildman–Crippen LogP) is 5.20. The highest BCUT2D eigenvalue weighted by Crippen LogP contribution is 2.23. The summed E-state index contributed by atoms with van der Waals surface area (Å²) >= 11 is 0. The first-order chi connectivity index (χ1) is 12.3. The number of aryl methyl sites for hydroxylation is 1. The van der Waals surface area contributed by atoms with Gasteiger partial charge in [0, 0.05) is 27.2 Å². The number of nitrogens with zero attached hydrogens (tertiary/aromatic N) is 2. The Morgan fingerprint density at radius 1 is 1.27 bits per heavy atom. The van der Waals surface area contributed by atoms with E-state index in [1.54, 1.807) is 0 Å². The van der Waals surface area contributed by atoms with E-state index in [1.165, 1.54) is 6.08 Å². The summed E-state index contributed by atoms with van der Waals surface area (Å²) in [5.74, 6) is 0.0845. The molecule has 5 nitrogen and oxygen atoms in total. The molecule has 26 heavy (non-hydrogen) atoms. The van der Waals surface area contributed by atoms with Crippen molar-refractivity contribution in [1.29, 1.82) is 0 Å². The normalized spacial score (nSPS) is 12.6. The Labute approximate surface area is 159 Å².